The van der Waals surface area contributed by atoms with E-state index in [1.807, 2.05) is 0 Å². The summed E-state index contributed by atoms with van der Waals surface area (Å²) in [5.41, 5.74) is 5.13. The molecule has 0 saturated heterocycles. The molecule has 1 atom stereocenters. The van der Waals surface area contributed by atoms with E-state index in [0.29, 0.717) is 0 Å². The summed E-state index contributed by atoms with van der Waals surface area (Å²) >= 11 is 1.53. The molecule has 0 amide bonds. The van der Waals surface area contributed by atoms with E-state index < -0.39 is 0 Å². The zero-order chi connectivity index (χ0) is 15.2. The molecule has 0 aliphatic rings. The van der Waals surface area contributed by atoms with Crippen LogP contribution in [-0.4, -0.2) is 16.1 Å². The molecule has 0 aliphatic heterocycles. The van der Waals surface area contributed by atoms with Crippen LogP contribution in [0.4, 0.5) is 0 Å². The van der Waals surface area contributed by atoms with E-state index in [-0.39, 0.29) is 6.04 Å². The second kappa shape index (κ2) is 7.66. The Kier molecular flexibility index (Phi) is 5.88. The highest BCUT2D eigenvalue weighted by atomic mass is 32.1. The van der Waals surface area contributed by atoms with Crippen molar-refractivity contribution in [3.8, 4) is 0 Å². The van der Waals surface area contributed by atoms with Gasteiger partial charge in [-0.25, -0.2) is 0 Å². The number of aryl methyl sites for hydroxylation is 3. The lowest BCUT2D eigenvalue weighted by Gasteiger charge is -2.20. The lowest BCUT2D eigenvalue weighted by Crippen LogP contribution is -2.24. The summed E-state index contributed by atoms with van der Waals surface area (Å²) in [6.07, 6.45) is 3.23. The van der Waals surface area contributed by atoms with E-state index >= 15 is 0 Å². The molecule has 1 heterocycles. The van der Waals surface area contributed by atoms with Gasteiger partial charge in [0.15, 0.2) is 0 Å². The van der Waals surface area contributed by atoms with Gasteiger partial charge in [-0.1, -0.05) is 48.5 Å². The first kappa shape index (κ1) is 16.1. The highest BCUT2D eigenvalue weighted by molar-refractivity contribution is 7.05. The molecule has 0 radical (unpaired) electrons. The van der Waals surface area contributed by atoms with Gasteiger partial charge in [0.2, 0.25) is 0 Å². The Morgan fingerprint density at radius 2 is 2.00 bits per heavy atom. The largest absolute Gasteiger partial charge is 0.305 e. The molecule has 3 nitrogen and oxygen atoms in total. The fourth-order valence-corrected chi connectivity index (χ4v) is 3.42. The van der Waals surface area contributed by atoms with Crippen LogP contribution in [0.5, 0.6) is 0 Å². The van der Waals surface area contributed by atoms with Gasteiger partial charge in [0.25, 0.3) is 0 Å². The lowest BCUT2D eigenvalue weighted by atomic mass is 9.96. The molecular formula is C17H25N3S. The molecular weight excluding hydrogens is 278 g/mol. The molecule has 21 heavy (non-hydrogen) atoms. The Bertz CT molecular complexity index is 577. The second-order valence-electron chi connectivity index (χ2n) is 5.58. The van der Waals surface area contributed by atoms with E-state index in [1.54, 1.807) is 0 Å². The number of benzene rings is 1. The third-order valence-electron chi connectivity index (χ3n) is 3.67. The number of nitrogens with one attached hydrogen (secondary N) is 1. The van der Waals surface area contributed by atoms with Crippen LogP contribution in [-0.2, 0) is 6.42 Å². The van der Waals surface area contributed by atoms with Gasteiger partial charge in [0.05, 0.1) is 16.6 Å². The van der Waals surface area contributed by atoms with Crippen molar-refractivity contribution in [1.82, 2.24) is 14.9 Å². The van der Waals surface area contributed by atoms with Gasteiger partial charge in [-0.2, -0.15) is 0 Å². The molecule has 4 heteroatoms. The average molecular weight is 303 g/mol. The fourth-order valence-electron chi connectivity index (χ4n) is 2.63. The van der Waals surface area contributed by atoms with Crippen molar-refractivity contribution in [1.29, 1.82) is 0 Å². The second-order valence-corrected chi connectivity index (χ2v) is 6.37. The number of hydrogen-bond donors (Lipinski definition) is 1. The maximum absolute atomic E-state index is 4.34. The summed E-state index contributed by atoms with van der Waals surface area (Å²) in [5.74, 6) is 0. The van der Waals surface area contributed by atoms with Crippen molar-refractivity contribution in [2.45, 2.75) is 53.0 Å². The molecule has 0 fully saturated rings. The number of hydrogen-bond acceptors (Lipinski definition) is 4. The Balaban J connectivity index is 2.39. The van der Waals surface area contributed by atoms with Crippen molar-refractivity contribution in [3.63, 3.8) is 0 Å². The van der Waals surface area contributed by atoms with E-state index in [4.69, 9.17) is 0 Å². The Morgan fingerprint density at radius 3 is 2.67 bits per heavy atom. The van der Waals surface area contributed by atoms with Crippen LogP contribution in [0.15, 0.2) is 18.2 Å². The molecule has 2 aromatic rings. The van der Waals surface area contributed by atoms with Gasteiger partial charge >= 0.3 is 0 Å². The molecule has 0 spiro atoms. The molecule has 114 valence electrons. The molecule has 2 rings (SSSR count). The number of nitrogens with zero attached hydrogens (tertiary/aromatic N) is 2. The fraction of sp³-hybridized carbons (Fsp3) is 0.529. The van der Waals surface area contributed by atoms with Crippen molar-refractivity contribution < 1.29 is 0 Å². The van der Waals surface area contributed by atoms with E-state index in [9.17, 15) is 0 Å². The minimum atomic E-state index is 0.215. The van der Waals surface area contributed by atoms with Crippen LogP contribution in [0.2, 0.25) is 0 Å². The van der Waals surface area contributed by atoms with E-state index in [0.717, 1.165) is 31.5 Å². The van der Waals surface area contributed by atoms with Gasteiger partial charge in [-0.05, 0) is 55.9 Å². The summed E-state index contributed by atoms with van der Waals surface area (Å²) in [6, 6.07) is 6.90. The molecule has 0 bridgehead atoms. The molecule has 1 N–H and O–H groups in total. The quantitative estimate of drug-likeness (QED) is 0.833. The standard InChI is InChI=1S/C17H25N3S/c1-5-7-15-17(21-20-19-15)16(18-10-6-2)14-9-8-12(3)11-13(14)4/h8-9,11,16,18H,5-7,10H2,1-4H3. The topological polar surface area (TPSA) is 37.8 Å². The zero-order valence-corrected chi connectivity index (χ0v) is 14.3. The third kappa shape index (κ3) is 3.89. The van der Waals surface area contributed by atoms with Crippen LogP contribution in [0.1, 0.15) is 60.0 Å². The lowest BCUT2D eigenvalue weighted by molar-refractivity contribution is 0.597. The smallest absolute Gasteiger partial charge is 0.0807 e. The molecule has 1 aromatic heterocycles. The van der Waals surface area contributed by atoms with Crippen molar-refractivity contribution in [3.05, 3.63) is 45.5 Å². The summed E-state index contributed by atoms with van der Waals surface area (Å²) in [7, 11) is 0. The minimum absolute atomic E-state index is 0.215. The highest BCUT2D eigenvalue weighted by Gasteiger charge is 2.21. The number of aromatic nitrogens is 2. The zero-order valence-electron chi connectivity index (χ0n) is 13.4. The van der Waals surface area contributed by atoms with Gasteiger partial charge in [-0.3, -0.25) is 0 Å². The normalized spacial score (nSPS) is 12.6. The van der Waals surface area contributed by atoms with Gasteiger partial charge in [0, 0.05) is 0 Å². The first-order valence-corrected chi connectivity index (χ1v) is 8.56. The van der Waals surface area contributed by atoms with Crippen molar-refractivity contribution in [2.24, 2.45) is 0 Å². The van der Waals surface area contributed by atoms with Crippen LogP contribution in [0, 0.1) is 13.8 Å². The molecule has 1 unspecified atom stereocenters. The first-order valence-electron chi connectivity index (χ1n) is 7.79. The summed E-state index contributed by atoms with van der Waals surface area (Å²) < 4.78 is 4.19. The van der Waals surface area contributed by atoms with E-state index in [2.05, 4.69) is 60.8 Å². The summed E-state index contributed by atoms with van der Waals surface area (Å²) in [5, 5.41) is 8.01. The van der Waals surface area contributed by atoms with Gasteiger partial charge in [0.1, 0.15) is 0 Å². The van der Waals surface area contributed by atoms with Gasteiger partial charge < -0.3 is 5.32 Å². The van der Waals surface area contributed by atoms with Crippen molar-refractivity contribution in [2.75, 3.05) is 6.54 Å². The monoisotopic (exact) mass is 303 g/mol. The predicted octanol–water partition coefficient (Wildman–Crippen LogP) is 4.20. The van der Waals surface area contributed by atoms with Crippen molar-refractivity contribution >= 4 is 11.5 Å². The third-order valence-corrected chi connectivity index (χ3v) is 4.50. The molecule has 0 saturated carbocycles. The molecule has 1 aromatic carbocycles. The first-order chi connectivity index (χ1) is 10.2. The maximum atomic E-state index is 4.34. The average Bonchev–Trinajstić information content (AvgIpc) is 2.90. The predicted molar refractivity (Wildman–Crippen MR) is 90.0 cm³/mol. The number of rotatable bonds is 7. The Morgan fingerprint density at radius 1 is 1.19 bits per heavy atom. The Hall–Kier alpha value is -1.26. The van der Waals surface area contributed by atoms with Crippen LogP contribution >= 0.6 is 11.5 Å². The van der Waals surface area contributed by atoms with Crippen LogP contribution in [0.3, 0.4) is 0 Å². The summed E-state index contributed by atoms with van der Waals surface area (Å²) in [4.78, 5) is 1.28. The minimum Gasteiger partial charge on any atom is -0.305 e. The van der Waals surface area contributed by atoms with E-state index in [1.165, 1.54) is 33.1 Å². The molecule has 0 aliphatic carbocycles. The maximum Gasteiger partial charge on any atom is 0.0807 e. The van der Waals surface area contributed by atoms with Crippen LogP contribution < -0.4 is 5.32 Å². The Labute approximate surface area is 132 Å². The highest BCUT2D eigenvalue weighted by Crippen LogP contribution is 2.30. The van der Waals surface area contributed by atoms with Crippen LogP contribution in [0.25, 0.3) is 0 Å². The SMILES string of the molecule is CCCNC(c1ccc(C)cc1C)c1snnc1CCC. The van der Waals surface area contributed by atoms with Gasteiger partial charge in [-0.15, -0.1) is 5.10 Å². The summed E-state index contributed by atoms with van der Waals surface area (Å²) in [6.45, 7) is 9.72.